The largest absolute Gasteiger partial charge is 0.324 e. The van der Waals surface area contributed by atoms with Crippen LogP contribution in [0.25, 0.3) is 0 Å². The van der Waals surface area contributed by atoms with Gasteiger partial charge in [-0.2, -0.15) is 16.9 Å². The van der Waals surface area contributed by atoms with Gasteiger partial charge >= 0.3 is 0 Å². The lowest BCUT2D eigenvalue weighted by Gasteiger charge is -1.85. The van der Waals surface area contributed by atoms with Crippen LogP contribution in [-0.2, 0) is 12.3 Å². The monoisotopic (exact) mass is 194 g/mol. The molecule has 0 bridgehead atoms. The highest BCUT2D eigenvalue weighted by atomic mass is 35.5. The lowest BCUT2D eigenvalue weighted by Crippen LogP contribution is -1.98. The van der Waals surface area contributed by atoms with Gasteiger partial charge in [0.05, 0.1) is 12.3 Å². The molecule has 0 radical (unpaired) electrons. The van der Waals surface area contributed by atoms with Gasteiger partial charge in [-0.15, -0.1) is 12.4 Å². The zero-order valence-corrected chi connectivity index (χ0v) is 7.84. The number of nitrogens with zero attached hydrogens (tertiary/aromatic N) is 2. The number of thioether (sulfide) groups is 1. The number of nitrogens with two attached hydrogens (primary N) is 1. The SMILES string of the molecule is CSCc1nc(CN)n[nH]1.Cl. The van der Waals surface area contributed by atoms with Crippen molar-refractivity contribution >= 4 is 24.2 Å². The van der Waals surface area contributed by atoms with E-state index in [-0.39, 0.29) is 12.4 Å². The number of aromatic amines is 1. The first-order valence-electron chi connectivity index (χ1n) is 2.96. The van der Waals surface area contributed by atoms with Crippen LogP contribution < -0.4 is 5.73 Å². The molecule has 0 unspecified atom stereocenters. The van der Waals surface area contributed by atoms with Crippen LogP contribution in [0.1, 0.15) is 11.6 Å². The molecule has 0 atom stereocenters. The number of nitrogens with one attached hydrogen (secondary N) is 1. The van der Waals surface area contributed by atoms with Crippen molar-refractivity contribution in [1.29, 1.82) is 0 Å². The van der Waals surface area contributed by atoms with E-state index in [0.717, 1.165) is 11.6 Å². The number of hydrogen-bond acceptors (Lipinski definition) is 4. The van der Waals surface area contributed by atoms with Crippen molar-refractivity contribution in [2.24, 2.45) is 5.73 Å². The van der Waals surface area contributed by atoms with Gasteiger partial charge in [-0.3, -0.25) is 5.10 Å². The van der Waals surface area contributed by atoms with E-state index in [0.29, 0.717) is 12.4 Å². The van der Waals surface area contributed by atoms with E-state index < -0.39 is 0 Å². The standard InChI is InChI=1S/C5H10N4S.ClH/c1-10-3-5-7-4(2-6)8-9-5;/h2-3,6H2,1H3,(H,7,8,9);1H. The summed E-state index contributed by atoms with van der Waals surface area (Å²) in [5, 5.41) is 6.67. The van der Waals surface area contributed by atoms with Gasteiger partial charge in [-0.25, -0.2) is 4.98 Å². The van der Waals surface area contributed by atoms with Crippen LogP contribution in [0, 0.1) is 0 Å². The Balaban J connectivity index is 0.000001000. The third-order valence-corrected chi connectivity index (χ3v) is 1.60. The molecule has 3 N–H and O–H groups in total. The average Bonchev–Trinajstić information content (AvgIpc) is 2.37. The van der Waals surface area contributed by atoms with Crippen molar-refractivity contribution in [2.45, 2.75) is 12.3 Å². The molecular formula is C5H11ClN4S. The van der Waals surface area contributed by atoms with Crippen LogP contribution >= 0.6 is 24.2 Å². The fraction of sp³-hybridized carbons (Fsp3) is 0.600. The Bertz CT molecular complexity index is 202. The Kier molecular flexibility index (Phi) is 5.27. The van der Waals surface area contributed by atoms with Crippen LogP contribution in [0.2, 0.25) is 0 Å². The molecule has 0 aromatic carbocycles. The van der Waals surface area contributed by atoms with Gasteiger partial charge in [-0.05, 0) is 6.26 Å². The first-order chi connectivity index (χ1) is 4.86. The fourth-order valence-electron chi connectivity index (χ4n) is 0.627. The molecule has 1 aromatic rings. The zero-order valence-electron chi connectivity index (χ0n) is 6.20. The van der Waals surface area contributed by atoms with Gasteiger partial charge in [0, 0.05) is 0 Å². The predicted octanol–water partition coefficient (Wildman–Crippen LogP) is 0.548. The minimum Gasteiger partial charge on any atom is -0.324 e. The molecule has 6 heteroatoms. The molecule has 1 heterocycles. The van der Waals surface area contributed by atoms with E-state index in [4.69, 9.17) is 5.73 Å². The van der Waals surface area contributed by atoms with Gasteiger partial charge in [0.2, 0.25) is 0 Å². The first kappa shape index (κ1) is 10.7. The summed E-state index contributed by atoms with van der Waals surface area (Å²) in [7, 11) is 0. The summed E-state index contributed by atoms with van der Waals surface area (Å²) in [4.78, 5) is 4.11. The number of aromatic nitrogens is 3. The maximum atomic E-state index is 5.31. The normalized spacial score (nSPS) is 9.27. The number of rotatable bonds is 3. The summed E-state index contributed by atoms with van der Waals surface area (Å²) in [6.45, 7) is 0.408. The van der Waals surface area contributed by atoms with Crippen molar-refractivity contribution in [1.82, 2.24) is 15.2 Å². The predicted molar refractivity (Wildman–Crippen MR) is 48.7 cm³/mol. The molecule has 0 aliphatic carbocycles. The summed E-state index contributed by atoms with van der Waals surface area (Å²) >= 11 is 1.70. The van der Waals surface area contributed by atoms with Gasteiger partial charge in [0.1, 0.15) is 5.82 Å². The highest BCUT2D eigenvalue weighted by Gasteiger charge is 1.98. The maximum Gasteiger partial charge on any atom is 0.164 e. The van der Waals surface area contributed by atoms with E-state index in [2.05, 4.69) is 15.2 Å². The highest BCUT2D eigenvalue weighted by molar-refractivity contribution is 7.97. The molecule has 11 heavy (non-hydrogen) atoms. The Hall–Kier alpha value is -0.260. The van der Waals surface area contributed by atoms with E-state index in [1.807, 2.05) is 6.26 Å². The summed E-state index contributed by atoms with van der Waals surface area (Å²) in [5.41, 5.74) is 5.31. The van der Waals surface area contributed by atoms with Crippen molar-refractivity contribution in [2.75, 3.05) is 6.26 Å². The average molecular weight is 195 g/mol. The zero-order chi connectivity index (χ0) is 7.40. The molecule has 0 fully saturated rings. The quantitative estimate of drug-likeness (QED) is 0.738. The molecule has 0 spiro atoms. The second-order valence-electron chi connectivity index (χ2n) is 1.84. The van der Waals surface area contributed by atoms with Crippen molar-refractivity contribution in [3.05, 3.63) is 11.6 Å². The molecule has 4 nitrogen and oxygen atoms in total. The van der Waals surface area contributed by atoms with E-state index >= 15 is 0 Å². The molecule has 1 rings (SSSR count). The molecular weight excluding hydrogens is 184 g/mol. The summed E-state index contributed by atoms with van der Waals surface area (Å²) in [6.07, 6.45) is 2.02. The van der Waals surface area contributed by atoms with Crippen molar-refractivity contribution in [3.63, 3.8) is 0 Å². The summed E-state index contributed by atoms with van der Waals surface area (Å²) in [6, 6.07) is 0. The lowest BCUT2D eigenvalue weighted by atomic mass is 10.6. The fourth-order valence-corrected chi connectivity index (χ4v) is 1.03. The minimum absolute atomic E-state index is 0. The van der Waals surface area contributed by atoms with Gasteiger partial charge in [-0.1, -0.05) is 0 Å². The van der Waals surface area contributed by atoms with E-state index in [1.165, 1.54) is 0 Å². The Morgan fingerprint density at radius 1 is 1.64 bits per heavy atom. The first-order valence-corrected chi connectivity index (χ1v) is 4.35. The van der Waals surface area contributed by atoms with Gasteiger partial charge in [0.25, 0.3) is 0 Å². The number of hydrogen-bond donors (Lipinski definition) is 2. The van der Waals surface area contributed by atoms with Crippen LogP contribution in [-0.4, -0.2) is 21.4 Å². The Labute approximate surface area is 75.8 Å². The van der Waals surface area contributed by atoms with E-state index in [9.17, 15) is 0 Å². The topological polar surface area (TPSA) is 67.6 Å². The Morgan fingerprint density at radius 3 is 2.82 bits per heavy atom. The molecule has 0 aliphatic rings. The second-order valence-corrected chi connectivity index (χ2v) is 2.70. The lowest BCUT2D eigenvalue weighted by molar-refractivity contribution is 0.916. The Morgan fingerprint density at radius 2 is 2.36 bits per heavy atom. The van der Waals surface area contributed by atoms with Gasteiger partial charge < -0.3 is 5.73 Å². The number of halogens is 1. The highest BCUT2D eigenvalue weighted by Crippen LogP contribution is 2.02. The number of H-pyrrole nitrogens is 1. The third-order valence-electron chi connectivity index (χ3n) is 1.04. The van der Waals surface area contributed by atoms with Gasteiger partial charge in [0.15, 0.2) is 5.82 Å². The van der Waals surface area contributed by atoms with E-state index in [1.54, 1.807) is 11.8 Å². The minimum atomic E-state index is 0. The molecule has 1 aromatic heterocycles. The maximum absolute atomic E-state index is 5.31. The van der Waals surface area contributed by atoms with Crippen molar-refractivity contribution < 1.29 is 0 Å². The molecule has 0 saturated carbocycles. The van der Waals surface area contributed by atoms with Crippen LogP contribution in [0.4, 0.5) is 0 Å². The summed E-state index contributed by atoms with van der Waals surface area (Å²) < 4.78 is 0. The summed E-state index contributed by atoms with van der Waals surface area (Å²) in [5.74, 6) is 2.45. The van der Waals surface area contributed by atoms with Crippen LogP contribution in [0.3, 0.4) is 0 Å². The second kappa shape index (κ2) is 5.40. The smallest absolute Gasteiger partial charge is 0.164 e. The van der Waals surface area contributed by atoms with Crippen LogP contribution in [0.15, 0.2) is 0 Å². The molecule has 0 amide bonds. The molecule has 0 saturated heterocycles. The van der Waals surface area contributed by atoms with Crippen LogP contribution in [0.5, 0.6) is 0 Å². The van der Waals surface area contributed by atoms with Crippen molar-refractivity contribution in [3.8, 4) is 0 Å². The molecule has 0 aliphatic heterocycles. The third kappa shape index (κ3) is 3.09. The molecule has 64 valence electrons.